The second-order valence-electron chi connectivity index (χ2n) is 3.09. The minimum absolute atomic E-state index is 0.516. The summed E-state index contributed by atoms with van der Waals surface area (Å²) in [6.07, 6.45) is 10.5. The molecule has 3 heteroatoms. The summed E-state index contributed by atoms with van der Waals surface area (Å²) in [5, 5.41) is 0. The Labute approximate surface area is 76.6 Å². The van der Waals surface area contributed by atoms with Crippen LogP contribution in [-0.2, 0) is 4.79 Å². The molecule has 0 fully saturated rings. The van der Waals surface area contributed by atoms with Gasteiger partial charge in [-0.2, -0.15) is 0 Å². The molecule has 13 heavy (non-hydrogen) atoms. The quantitative estimate of drug-likeness (QED) is 0.659. The van der Waals surface area contributed by atoms with Crippen LogP contribution in [0.25, 0.3) is 0 Å². The molecule has 1 rings (SSSR count). The predicted molar refractivity (Wildman–Crippen MR) is 49.6 cm³/mol. The molecule has 1 aliphatic carbocycles. The van der Waals surface area contributed by atoms with Crippen molar-refractivity contribution in [1.29, 1.82) is 0 Å². The summed E-state index contributed by atoms with van der Waals surface area (Å²) in [4.78, 5) is 10.5. The third kappa shape index (κ3) is 2.54. The maximum atomic E-state index is 12.7. The van der Waals surface area contributed by atoms with E-state index in [-0.39, 0.29) is 0 Å². The molecular weight excluding hydrogens is 169 g/mol. The number of halogens is 1. The van der Waals surface area contributed by atoms with E-state index >= 15 is 0 Å². The van der Waals surface area contributed by atoms with Gasteiger partial charge >= 0.3 is 0 Å². The molecule has 70 valence electrons. The number of carbonyl (C=O) groups excluding carboxylic acids is 1. The van der Waals surface area contributed by atoms with Gasteiger partial charge in [-0.05, 0) is 12.5 Å². The topological polar surface area (TPSA) is 43.1 Å². The highest BCUT2D eigenvalue weighted by atomic mass is 19.1. The minimum atomic E-state index is -0.663. The lowest BCUT2D eigenvalue weighted by atomic mass is 9.82. The van der Waals surface area contributed by atoms with Crippen LogP contribution < -0.4 is 5.73 Å². The summed E-state index contributed by atoms with van der Waals surface area (Å²) in [5.74, 6) is -0.546. The van der Waals surface area contributed by atoms with E-state index in [9.17, 15) is 9.18 Å². The summed E-state index contributed by atoms with van der Waals surface area (Å²) >= 11 is 0. The van der Waals surface area contributed by atoms with Gasteiger partial charge in [-0.3, -0.25) is 4.79 Å². The van der Waals surface area contributed by atoms with Gasteiger partial charge in [-0.25, -0.2) is 4.39 Å². The van der Waals surface area contributed by atoms with Crippen molar-refractivity contribution in [2.24, 2.45) is 11.1 Å². The van der Waals surface area contributed by atoms with Crippen LogP contribution in [0.15, 0.2) is 36.5 Å². The molecule has 0 aromatic heterocycles. The number of primary amides is 1. The molecule has 1 aliphatic rings. The maximum Gasteiger partial charge on any atom is 0.241 e. The van der Waals surface area contributed by atoms with Crippen LogP contribution in [0.4, 0.5) is 4.39 Å². The molecule has 0 bridgehead atoms. The Kier molecular flexibility index (Phi) is 3.01. The van der Waals surface area contributed by atoms with Crippen molar-refractivity contribution in [3.8, 4) is 0 Å². The summed E-state index contributed by atoms with van der Waals surface area (Å²) in [6.45, 7) is -0.516. The van der Waals surface area contributed by atoms with Gasteiger partial charge in [0.25, 0.3) is 0 Å². The van der Waals surface area contributed by atoms with E-state index in [0.29, 0.717) is 6.42 Å². The van der Waals surface area contributed by atoms with Gasteiger partial charge in [0.05, 0.1) is 0 Å². The van der Waals surface area contributed by atoms with Crippen LogP contribution in [0.3, 0.4) is 0 Å². The zero-order chi connectivity index (χ0) is 9.73. The van der Waals surface area contributed by atoms with E-state index in [2.05, 4.69) is 0 Å². The molecule has 0 aliphatic heterocycles. The molecule has 1 unspecified atom stereocenters. The van der Waals surface area contributed by atoms with Gasteiger partial charge < -0.3 is 5.73 Å². The van der Waals surface area contributed by atoms with Crippen LogP contribution in [0, 0.1) is 5.41 Å². The van der Waals surface area contributed by atoms with E-state index in [1.54, 1.807) is 12.2 Å². The third-order valence-electron chi connectivity index (χ3n) is 2.00. The lowest BCUT2D eigenvalue weighted by Gasteiger charge is -2.23. The lowest BCUT2D eigenvalue weighted by molar-refractivity contribution is -0.113. The molecule has 0 saturated carbocycles. The highest BCUT2D eigenvalue weighted by Gasteiger charge is 2.23. The van der Waals surface area contributed by atoms with Gasteiger partial charge in [-0.15, -0.1) is 0 Å². The monoisotopic (exact) mass is 181 g/mol. The molecule has 0 radical (unpaired) electrons. The highest BCUT2D eigenvalue weighted by molar-refractivity contribution is 5.85. The largest absolute Gasteiger partial charge is 0.366 e. The number of alkyl halides is 1. The van der Waals surface area contributed by atoms with Crippen molar-refractivity contribution in [3.63, 3.8) is 0 Å². The molecule has 0 saturated heterocycles. The van der Waals surface area contributed by atoms with Crippen LogP contribution in [0.5, 0.6) is 0 Å². The van der Waals surface area contributed by atoms with E-state index < -0.39 is 18.0 Å². The first-order chi connectivity index (χ1) is 6.18. The van der Waals surface area contributed by atoms with Crippen LogP contribution in [-0.4, -0.2) is 12.6 Å². The van der Waals surface area contributed by atoms with Gasteiger partial charge in [0.15, 0.2) is 0 Å². The number of nitrogens with two attached hydrogens (primary N) is 1. The van der Waals surface area contributed by atoms with Gasteiger partial charge in [0, 0.05) is 5.41 Å². The standard InChI is InChI=1S/C10H12FNO/c11-8-10(7-4-9(12)13)5-2-1-3-6-10/h1-5,7H,6,8H2,(H2,12,13). The van der Waals surface area contributed by atoms with Crippen LogP contribution >= 0.6 is 0 Å². The smallest absolute Gasteiger partial charge is 0.241 e. The van der Waals surface area contributed by atoms with Crippen molar-refractivity contribution < 1.29 is 9.18 Å². The lowest BCUT2D eigenvalue weighted by Crippen LogP contribution is -2.19. The first-order valence-electron chi connectivity index (χ1n) is 4.07. The summed E-state index contributed by atoms with van der Waals surface area (Å²) in [5.41, 5.74) is 4.27. The van der Waals surface area contributed by atoms with Crippen molar-refractivity contribution in [2.75, 3.05) is 6.67 Å². The fraction of sp³-hybridized carbons (Fsp3) is 0.300. The van der Waals surface area contributed by atoms with Gasteiger partial charge in [-0.1, -0.05) is 30.4 Å². The Hall–Kier alpha value is -1.38. The number of carbonyl (C=O) groups is 1. The normalized spacial score (nSPS) is 26.8. The molecule has 2 N–H and O–H groups in total. The maximum absolute atomic E-state index is 12.7. The number of hydrogen-bond acceptors (Lipinski definition) is 1. The fourth-order valence-electron chi connectivity index (χ4n) is 1.20. The first-order valence-corrected chi connectivity index (χ1v) is 4.07. The molecule has 0 aromatic carbocycles. The zero-order valence-corrected chi connectivity index (χ0v) is 7.24. The van der Waals surface area contributed by atoms with Crippen molar-refractivity contribution in [1.82, 2.24) is 0 Å². The van der Waals surface area contributed by atoms with E-state index in [4.69, 9.17) is 5.73 Å². The van der Waals surface area contributed by atoms with E-state index in [1.807, 2.05) is 12.2 Å². The second kappa shape index (κ2) is 4.03. The SMILES string of the molecule is NC(=O)C=CC1(CF)C=CC=CC1. The predicted octanol–water partition coefficient (Wildman–Crippen LogP) is 1.50. The van der Waals surface area contributed by atoms with E-state index in [0.717, 1.165) is 0 Å². The molecule has 0 aromatic rings. The Bertz CT molecular complexity index is 281. The summed E-state index contributed by atoms with van der Waals surface area (Å²) in [7, 11) is 0. The highest BCUT2D eigenvalue weighted by Crippen LogP contribution is 2.29. The zero-order valence-electron chi connectivity index (χ0n) is 7.24. The van der Waals surface area contributed by atoms with Crippen molar-refractivity contribution in [2.45, 2.75) is 6.42 Å². The van der Waals surface area contributed by atoms with Crippen molar-refractivity contribution >= 4 is 5.91 Å². The molecule has 1 amide bonds. The fourth-order valence-corrected chi connectivity index (χ4v) is 1.20. The van der Waals surface area contributed by atoms with Gasteiger partial charge in [0.2, 0.25) is 5.91 Å². The Morgan fingerprint density at radius 1 is 1.62 bits per heavy atom. The minimum Gasteiger partial charge on any atom is -0.366 e. The number of hydrogen-bond donors (Lipinski definition) is 1. The Morgan fingerprint density at radius 2 is 2.38 bits per heavy atom. The average molecular weight is 181 g/mol. The average Bonchev–Trinajstić information content (AvgIpc) is 2.16. The van der Waals surface area contributed by atoms with E-state index in [1.165, 1.54) is 12.2 Å². The number of rotatable bonds is 3. The van der Waals surface area contributed by atoms with Crippen LogP contribution in [0.2, 0.25) is 0 Å². The Morgan fingerprint density at radius 3 is 2.85 bits per heavy atom. The molecule has 0 spiro atoms. The summed E-state index contributed by atoms with van der Waals surface area (Å²) in [6, 6.07) is 0. The van der Waals surface area contributed by atoms with Crippen LogP contribution in [0.1, 0.15) is 6.42 Å². The third-order valence-corrected chi connectivity index (χ3v) is 2.00. The Balaban J connectivity index is 2.76. The number of allylic oxidation sites excluding steroid dienone is 5. The molecule has 1 atom stereocenters. The van der Waals surface area contributed by atoms with Crippen molar-refractivity contribution in [3.05, 3.63) is 36.5 Å². The number of amides is 1. The molecule has 2 nitrogen and oxygen atoms in total. The van der Waals surface area contributed by atoms with Gasteiger partial charge in [0.1, 0.15) is 6.67 Å². The molecular formula is C10H12FNO. The first kappa shape index (κ1) is 9.71. The second-order valence-corrected chi connectivity index (χ2v) is 3.09. The molecule has 0 heterocycles. The summed E-state index contributed by atoms with van der Waals surface area (Å²) < 4.78 is 12.7.